The monoisotopic (exact) mass is 328 g/mol. The molecule has 0 atom stereocenters. The van der Waals surface area contributed by atoms with Crippen molar-refractivity contribution in [3.05, 3.63) is 38.3 Å². The van der Waals surface area contributed by atoms with E-state index in [2.05, 4.69) is 15.9 Å². The van der Waals surface area contributed by atoms with Crippen LogP contribution in [0.3, 0.4) is 0 Å². The first-order chi connectivity index (χ1) is 9.06. The van der Waals surface area contributed by atoms with Gasteiger partial charge in [0.1, 0.15) is 0 Å². The maximum absolute atomic E-state index is 10.7. The lowest BCUT2D eigenvalue weighted by molar-refractivity contribution is -0.384. The summed E-state index contributed by atoms with van der Waals surface area (Å²) < 4.78 is 6.17. The van der Waals surface area contributed by atoms with Gasteiger partial charge in [-0.05, 0) is 36.8 Å². The smallest absolute Gasteiger partial charge is 0.270 e. The van der Waals surface area contributed by atoms with Crippen LogP contribution >= 0.6 is 15.9 Å². The lowest BCUT2D eigenvalue weighted by Crippen LogP contribution is -2.38. The van der Waals surface area contributed by atoms with Gasteiger partial charge < -0.3 is 10.5 Å². The van der Waals surface area contributed by atoms with E-state index in [1.54, 1.807) is 12.1 Å². The molecule has 0 amide bonds. The Kier molecular flexibility index (Phi) is 4.54. The van der Waals surface area contributed by atoms with Crippen LogP contribution in [0.1, 0.15) is 18.4 Å². The minimum Gasteiger partial charge on any atom is -0.381 e. The third kappa shape index (κ3) is 3.32. The number of nitrogens with two attached hydrogens (primary N) is 1. The molecular formula is C13H17BrN2O3. The minimum absolute atomic E-state index is 0.0525. The van der Waals surface area contributed by atoms with Gasteiger partial charge in [0.2, 0.25) is 0 Å². The second-order valence-electron chi connectivity index (χ2n) is 5.03. The number of hydrogen-bond acceptors (Lipinski definition) is 4. The number of halogens is 1. The van der Waals surface area contributed by atoms with Crippen LogP contribution in [-0.2, 0) is 11.2 Å². The molecule has 104 valence electrons. The first-order valence-electron chi connectivity index (χ1n) is 6.27. The van der Waals surface area contributed by atoms with E-state index in [9.17, 15) is 10.1 Å². The summed E-state index contributed by atoms with van der Waals surface area (Å²) in [4.78, 5) is 10.3. The van der Waals surface area contributed by atoms with Gasteiger partial charge in [-0.1, -0.05) is 22.0 Å². The van der Waals surface area contributed by atoms with Crippen molar-refractivity contribution in [2.24, 2.45) is 11.1 Å². The van der Waals surface area contributed by atoms with Gasteiger partial charge in [0.25, 0.3) is 5.69 Å². The molecule has 1 fully saturated rings. The maximum atomic E-state index is 10.7. The van der Waals surface area contributed by atoms with Crippen LogP contribution in [0.2, 0.25) is 0 Å². The fourth-order valence-corrected chi connectivity index (χ4v) is 2.96. The molecule has 2 N–H and O–H groups in total. The van der Waals surface area contributed by atoms with Gasteiger partial charge >= 0.3 is 0 Å². The van der Waals surface area contributed by atoms with Crippen molar-refractivity contribution in [1.82, 2.24) is 0 Å². The van der Waals surface area contributed by atoms with E-state index in [1.807, 2.05) is 6.07 Å². The van der Waals surface area contributed by atoms with Gasteiger partial charge in [-0.25, -0.2) is 0 Å². The zero-order chi connectivity index (χ0) is 13.9. The second kappa shape index (κ2) is 5.98. The summed E-state index contributed by atoms with van der Waals surface area (Å²) in [6.45, 7) is 2.09. The Bertz CT molecular complexity index is 473. The Morgan fingerprint density at radius 3 is 2.63 bits per heavy atom. The Labute approximate surface area is 120 Å². The summed E-state index contributed by atoms with van der Waals surface area (Å²) >= 11 is 3.42. The Balaban J connectivity index is 2.20. The van der Waals surface area contributed by atoms with Crippen LogP contribution in [0.4, 0.5) is 5.69 Å². The molecule has 0 bridgehead atoms. The number of ether oxygens (including phenoxy) is 1. The number of hydrogen-bond donors (Lipinski definition) is 1. The van der Waals surface area contributed by atoms with Crippen LogP contribution < -0.4 is 5.73 Å². The first kappa shape index (κ1) is 14.4. The molecule has 0 aliphatic carbocycles. The van der Waals surface area contributed by atoms with Crippen LogP contribution in [-0.4, -0.2) is 24.7 Å². The van der Waals surface area contributed by atoms with E-state index in [0.29, 0.717) is 6.54 Å². The number of rotatable bonds is 4. The molecule has 1 aromatic rings. The lowest BCUT2D eigenvalue weighted by Gasteiger charge is -2.36. The normalized spacial score (nSPS) is 18.2. The zero-order valence-corrected chi connectivity index (χ0v) is 12.2. The molecule has 1 aromatic carbocycles. The molecule has 19 heavy (non-hydrogen) atoms. The van der Waals surface area contributed by atoms with Gasteiger partial charge in [-0.2, -0.15) is 0 Å². The summed E-state index contributed by atoms with van der Waals surface area (Å²) in [7, 11) is 0. The third-order valence-electron chi connectivity index (χ3n) is 3.80. The molecule has 0 radical (unpaired) electrons. The van der Waals surface area contributed by atoms with Crippen molar-refractivity contribution in [2.75, 3.05) is 19.8 Å². The van der Waals surface area contributed by atoms with E-state index in [4.69, 9.17) is 10.5 Å². The van der Waals surface area contributed by atoms with E-state index in [0.717, 1.165) is 42.5 Å². The Morgan fingerprint density at radius 2 is 2.11 bits per heavy atom. The Hall–Kier alpha value is -0.980. The van der Waals surface area contributed by atoms with Gasteiger partial charge in [-0.15, -0.1) is 0 Å². The van der Waals surface area contributed by atoms with E-state index in [-0.39, 0.29) is 16.0 Å². The average Bonchev–Trinajstić information content (AvgIpc) is 2.42. The molecule has 0 unspecified atom stereocenters. The van der Waals surface area contributed by atoms with Gasteiger partial charge in [0.15, 0.2) is 0 Å². The zero-order valence-electron chi connectivity index (χ0n) is 10.6. The summed E-state index contributed by atoms with van der Waals surface area (Å²) in [5, 5.41) is 10.7. The number of nitrogens with zero attached hydrogens (tertiary/aromatic N) is 1. The predicted molar refractivity (Wildman–Crippen MR) is 76.0 cm³/mol. The highest BCUT2D eigenvalue weighted by Crippen LogP contribution is 2.36. The fourth-order valence-electron chi connectivity index (χ4n) is 2.45. The Morgan fingerprint density at radius 1 is 1.42 bits per heavy atom. The highest BCUT2D eigenvalue weighted by atomic mass is 79.9. The van der Waals surface area contributed by atoms with Gasteiger partial charge in [-0.3, -0.25) is 10.1 Å². The molecule has 1 heterocycles. The highest BCUT2D eigenvalue weighted by Gasteiger charge is 2.32. The fraction of sp³-hybridized carbons (Fsp3) is 0.538. The maximum Gasteiger partial charge on any atom is 0.270 e. The van der Waals surface area contributed by atoms with Gasteiger partial charge in [0, 0.05) is 29.8 Å². The van der Waals surface area contributed by atoms with Crippen molar-refractivity contribution in [1.29, 1.82) is 0 Å². The molecule has 1 aliphatic heterocycles. The van der Waals surface area contributed by atoms with Crippen molar-refractivity contribution in [3.8, 4) is 0 Å². The molecule has 0 saturated carbocycles. The molecule has 2 rings (SSSR count). The largest absolute Gasteiger partial charge is 0.381 e. The van der Waals surface area contributed by atoms with Crippen molar-refractivity contribution in [2.45, 2.75) is 19.3 Å². The lowest BCUT2D eigenvalue weighted by atomic mass is 9.75. The third-order valence-corrected chi connectivity index (χ3v) is 4.54. The molecule has 5 nitrogen and oxygen atoms in total. The van der Waals surface area contributed by atoms with Crippen LogP contribution in [0, 0.1) is 15.5 Å². The quantitative estimate of drug-likeness (QED) is 0.680. The number of nitro benzene ring substituents is 1. The number of nitro groups is 1. The van der Waals surface area contributed by atoms with E-state index in [1.165, 1.54) is 0 Å². The molecule has 0 spiro atoms. The molecule has 1 saturated heterocycles. The van der Waals surface area contributed by atoms with E-state index < -0.39 is 0 Å². The molecular weight excluding hydrogens is 312 g/mol. The van der Waals surface area contributed by atoms with E-state index >= 15 is 0 Å². The molecule has 0 aromatic heterocycles. The summed E-state index contributed by atoms with van der Waals surface area (Å²) in [6.07, 6.45) is 2.70. The average molecular weight is 329 g/mol. The van der Waals surface area contributed by atoms with Crippen molar-refractivity contribution >= 4 is 21.6 Å². The van der Waals surface area contributed by atoms with Crippen molar-refractivity contribution in [3.63, 3.8) is 0 Å². The highest BCUT2D eigenvalue weighted by molar-refractivity contribution is 9.10. The number of non-ortho nitro benzene ring substituents is 1. The SMILES string of the molecule is NCC1(Cc2ccc([N+](=O)[O-])cc2Br)CCOCC1. The summed E-state index contributed by atoms with van der Waals surface area (Å²) in [6, 6.07) is 4.91. The van der Waals surface area contributed by atoms with Crippen LogP contribution in [0.15, 0.2) is 22.7 Å². The first-order valence-corrected chi connectivity index (χ1v) is 7.06. The van der Waals surface area contributed by atoms with Crippen LogP contribution in [0.5, 0.6) is 0 Å². The topological polar surface area (TPSA) is 78.4 Å². The molecule has 6 heteroatoms. The van der Waals surface area contributed by atoms with Crippen LogP contribution in [0.25, 0.3) is 0 Å². The second-order valence-corrected chi connectivity index (χ2v) is 5.88. The predicted octanol–water partition coefficient (Wildman–Crippen LogP) is 2.66. The van der Waals surface area contributed by atoms with Gasteiger partial charge in [0.05, 0.1) is 4.92 Å². The summed E-state index contributed by atoms with van der Waals surface area (Å²) in [5.74, 6) is 0. The molecule has 1 aliphatic rings. The van der Waals surface area contributed by atoms with Crippen molar-refractivity contribution < 1.29 is 9.66 Å². The minimum atomic E-state index is -0.387. The number of benzene rings is 1. The summed E-state index contributed by atoms with van der Waals surface area (Å²) in [5.41, 5.74) is 7.16. The standard InChI is InChI=1S/C13H17BrN2O3/c14-12-7-11(16(17)18)2-1-10(12)8-13(9-15)3-5-19-6-4-13/h1-2,7H,3-6,8-9,15H2.